The highest BCUT2D eigenvalue weighted by Crippen LogP contribution is 2.44. The molecular weight excluding hydrogens is 758 g/mol. The van der Waals surface area contributed by atoms with Gasteiger partial charge in [0.05, 0.1) is 22.2 Å². The zero-order valence-corrected chi connectivity index (χ0v) is 33.6. The molecule has 0 saturated heterocycles. The van der Waals surface area contributed by atoms with Crippen LogP contribution in [0.5, 0.6) is 0 Å². The van der Waals surface area contributed by atoms with E-state index in [2.05, 4.69) is 65.2 Å². The molecule has 0 atom stereocenters. The van der Waals surface area contributed by atoms with Gasteiger partial charge in [-0.2, -0.15) is 0 Å². The van der Waals surface area contributed by atoms with Crippen LogP contribution in [0.4, 0.5) is 0 Å². The second-order valence-electron chi connectivity index (χ2n) is 15.9. The summed E-state index contributed by atoms with van der Waals surface area (Å²) in [6.45, 7) is 0. The highest BCUT2D eigenvalue weighted by molar-refractivity contribution is 6.69. The van der Waals surface area contributed by atoms with Gasteiger partial charge < -0.3 is 9.13 Å². The van der Waals surface area contributed by atoms with Crippen molar-refractivity contribution in [2.45, 2.75) is 0 Å². The van der Waals surface area contributed by atoms with E-state index in [4.69, 9.17) is 69.9 Å². The summed E-state index contributed by atoms with van der Waals surface area (Å²) >= 11 is 0. The summed E-state index contributed by atoms with van der Waals surface area (Å²) in [4.78, 5) is 15.0. The topological polar surface area (TPSA) is 48.5 Å². The molecule has 0 aliphatic heterocycles. The molecule has 0 aliphatic rings. The number of hydrogen-bond acceptors (Lipinski definition) is 3. The van der Waals surface area contributed by atoms with Gasteiger partial charge in [-0.1, -0.05) is 143 Å². The molecule has 12 heteroatoms. The maximum absolute atomic E-state index is 7.29. The molecule has 0 saturated carbocycles. The fourth-order valence-corrected chi connectivity index (χ4v) is 9.62. The van der Waals surface area contributed by atoms with Gasteiger partial charge in [0.1, 0.15) is 54.9 Å². The summed E-state index contributed by atoms with van der Waals surface area (Å²) in [5.41, 5.74) is 8.08. The molecule has 63 heavy (non-hydrogen) atoms. The van der Waals surface area contributed by atoms with E-state index >= 15 is 0 Å². The number of nitrogens with zero attached hydrogens (tertiary/aromatic N) is 5. The summed E-state index contributed by atoms with van der Waals surface area (Å²) in [5, 5.41) is 7.77. The fraction of sp³-hybridized carbons (Fsp3) is 0. The Kier molecular flexibility index (Phi) is 8.30. The largest absolute Gasteiger partial charge is 0.308 e. The molecule has 0 spiro atoms. The summed E-state index contributed by atoms with van der Waals surface area (Å²) < 4.78 is 4.19. The van der Waals surface area contributed by atoms with Gasteiger partial charge in [0.15, 0.2) is 17.5 Å². The first kappa shape index (κ1) is 37.6. The Balaban J connectivity index is 1.23. The van der Waals surface area contributed by atoms with E-state index in [0.717, 1.165) is 54.5 Å². The minimum absolute atomic E-state index is 0.144. The van der Waals surface area contributed by atoms with E-state index in [1.54, 1.807) is 0 Å². The van der Waals surface area contributed by atoms with Crippen molar-refractivity contribution >= 4 is 158 Å². The van der Waals surface area contributed by atoms with Crippen molar-refractivity contribution in [3.63, 3.8) is 0 Å². The molecule has 0 amide bonds. The SMILES string of the molecule is [B]c1c([B])c([B])c2c(c1[B])c1c([B])c([B])c([B])c(-n3c4cccc5c6ccccc6c6cccc3c6c54)c1n2-c1cccc(-c2nc(-c3ccccc3)nc(-c3ccccc3)n2)c1. The van der Waals surface area contributed by atoms with Crippen LogP contribution in [0.3, 0.4) is 0 Å². The van der Waals surface area contributed by atoms with Gasteiger partial charge in [0.2, 0.25) is 0 Å². The van der Waals surface area contributed by atoms with E-state index in [-0.39, 0.29) is 38.2 Å². The third-order valence-electron chi connectivity index (χ3n) is 12.5. The van der Waals surface area contributed by atoms with Crippen LogP contribution < -0.4 is 38.2 Å². The zero-order valence-electron chi connectivity index (χ0n) is 33.6. The molecule has 274 valence electrons. The van der Waals surface area contributed by atoms with Gasteiger partial charge in [0, 0.05) is 44.1 Å². The van der Waals surface area contributed by atoms with Gasteiger partial charge in [0.25, 0.3) is 0 Å². The summed E-state index contributed by atoms with van der Waals surface area (Å²) in [7, 11) is 48.7. The Morgan fingerprint density at radius 2 is 0.746 bits per heavy atom. The molecule has 9 aromatic carbocycles. The second-order valence-corrected chi connectivity index (χ2v) is 15.9. The standard InChI is InChI=1S/C51H24B7N5/c52-39-37-38-40(53)42(55)45(58)48(63-33-22-10-20-31-29-18-7-8-19-30(29)32-21-11-23-34(63)36(32)35(31)33)47(38)62(46(37)44(57)43(56)41(39)54)28-17-9-16-27(24-28)51-60-49(25-12-3-1-4-13-25)59-50(61-51)26-14-5-2-6-15-26/h1-24H. The van der Waals surface area contributed by atoms with Gasteiger partial charge in [-0.25, -0.2) is 15.0 Å². The lowest BCUT2D eigenvalue weighted by Gasteiger charge is -2.21. The molecular formula is C51H24B7N5. The van der Waals surface area contributed by atoms with Crippen LogP contribution in [-0.2, 0) is 0 Å². The maximum atomic E-state index is 7.29. The monoisotopic (exact) mass is 783 g/mol. The zero-order chi connectivity index (χ0) is 42.8. The minimum atomic E-state index is 0.144. The van der Waals surface area contributed by atoms with Crippen molar-refractivity contribution in [1.29, 1.82) is 0 Å². The average molecular weight is 782 g/mol. The van der Waals surface area contributed by atoms with Gasteiger partial charge in [-0.15, -0.1) is 16.4 Å². The molecule has 3 aromatic heterocycles. The molecule has 0 unspecified atom stereocenters. The van der Waals surface area contributed by atoms with Crippen molar-refractivity contribution in [2.24, 2.45) is 0 Å². The van der Waals surface area contributed by atoms with Crippen molar-refractivity contribution in [3.8, 4) is 45.5 Å². The van der Waals surface area contributed by atoms with Crippen LogP contribution in [-0.4, -0.2) is 79.0 Å². The number of rotatable bonds is 5. The Morgan fingerprint density at radius 3 is 1.30 bits per heavy atom. The van der Waals surface area contributed by atoms with E-state index < -0.39 is 0 Å². The van der Waals surface area contributed by atoms with Gasteiger partial charge in [-0.3, -0.25) is 0 Å². The van der Waals surface area contributed by atoms with Crippen LogP contribution in [0.25, 0.3) is 111 Å². The van der Waals surface area contributed by atoms with Crippen LogP contribution in [0, 0.1) is 0 Å². The lowest BCUT2D eigenvalue weighted by molar-refractivity contribution is 1.07. The van der Waals surface area contributed by atoms with Gasteiger partial charge in [-0.05, 0) is 51.2 Å². The normalized spacial score (nSPS) is 11.9. The molecule has 14 radical (unpaired) electrons. The molecule has 12 aromatic rings. The van der Waals surface area contributed by atoms with Gasteiger partial charge >= 0.3 is 0 Å². The lowest BCUT2D eigenvalue weighted by atomic mass is 9.64. The van der Waals surface area contributed by atoms with E-state index in [1.807, 2.05) is 89.5 Å². The first-order chi connectivity index (χ1) is 30.7. The van der Waals surface area contributed by atoms with Crippen LogP contribution in [0.2, 0.25) is 0 Å². The number of benzene rings is 9. The minimum Gasteiger partial charge on any atom is -0.308 e. The van der Waals surface area contributed by atoms with Crippen molar-refractivity contribution < 1.29 is 0 Å². The summed E-state index contributed by atoms with van der Waals surface area (Å²) in [6.07, 6.45) is 0. The number of fused-ring (bicyclic) bond motifs is 6. The van der Waals surface area contributed by atoms with E-state index in [0.29, 0.717) is 56.2 Å². The number of aromatic nitrogens is 5. The third-order valence-corrected chi connectivity index (χ3v) is 12.5. The van der Waals surface area contributed by atoms with Crippen LogP contribution in [0.15, 0.2) is 146 Å². The quantitative estimate of drug-likeness (QED) is 0.193. The molecule has 3 heterocycles. The highest BCUT2D eigenvalue weighted by Gasteiger charge is 2.28. The smallest absolute Gasteiger partial charge is 0.164 e. The van der Waals surface area contributed by atoms with E-state index in [9.17, 15) is 0 Å². The predicted octanol–water partition coefficient (Wildman–Crippen LogP) is 4.37. The van der Waals surface area contributed by atoms with Crippen LogP contribution >= 0.6 is 0 Å². The summed E-state index contributed by atoms with van der Waals surface area (Å²) in [5.74, 6) is 1.53. The number of hydrogen-bond donors (Lipinski definition) is 0. The Labute approximate surface area is 371 Å². The molecule has 0 aliphatic carbocycles. The molecule has 0 bridgehead atoms. The Bertz CT molecular complexity index is 3740. The lowest BCUT2D eigenvalue weighted by Crippen LogP contribution is -2.48. The van der Waals surface area contributed by atoms with Crippen molar-refractivity contribution in [2.75, 3.05) is 0 Å². The van der Waals surface area contributed by atoms with Crippen molar-refractivity contribution in [3.05, 3.63) is 146 Å². The average Bonchev–Trinajstić information content (AvgIpc) is 3.87. The van der Waals surface area contributed by atoms with Crippen LogP contribution in [0.1, 0.15) is 0 Å². The first-order valence-corrected chi connectivity index (χ1v) is 20.4. The van der Waals surface area contributed by atoms with Crippen molar-refractivity contribution in [1.82, 2.24) is 24.1 Å². The first-order valence-electron chi connectivity index (χ1n) is 20.4. The maximum Gasteiger partial charge on any atom is 0.164 e. The third kappa shape index (κ3) is 5.30. The Hall–Kier alpha value is -7.18. The predicted molar refractivity (Wildman–Crippen MR) is 269 cm³/mol. The molecule has 12 rings (SSSR count). The van der Waals surface area contributed by atoms with E-state index in [1.165, 1.54) is 0 Å². The molecule has 0 fully saturated rings. The molecule has 5 nitrogen and oxygen atoms in total. The second kappa shape index (κ2) is 13.9. The molecule has 0 N–H and O–H groups in total. The Morgan fingerprint density at radius 1 is 0.317 bits per heavy atom. The fourth-order valence-electron chi connectivity index (χ4n) is 9.62. The highest BCUT2D eigenvalue weighted by atomic mass is 15.1. The summed E-state index contributed by atoms with van der Waals surface area (Å²) in [6, 6.07) is 48.7.